The van der Waals surface area contributed by atoms with Crippen LogP contribution in [0.1, 0.15) is 30.4 Å². The van der Waals surface area contributed by atoms with Crippen molar-refractivity contribution in [3.63, 3.8) is 0 Å². The fourth-order valence-electron chi connectivity index (χ4n) is 2.92. The van der Waals surface area contributed by atoms with E-state index < -0.39 is 15.6 Å². The summed E-state index contributed by atoms with van der Waals surface area (Å²) in [5.41, 5.74) is 0.407. The van der Waals surface area contributed by atoms with Crippen LogP contribution in [-0.4, -0.2) is 25.2 Å². The zero-order valence-corrected chi connectivity index (χ0v) is 13.5. The molecule has 0 saturated heterocycles. The van der Waals surface area contributed by atoms with Gasteiger partial charge in [-0.05, 0) is 33.3 Å². The lowest BCUT2D eigenvalue weighted by molar-refractivity contribution is 0.0472. The predicted molar refractivity (Wildman–Crippen MR) is 81.1 cm³/mol. The van der Waals surface area contributed by atoms with Crippen LogP contribution in [0, 0.1) is 13.8 Å². The van der Waals surface area contributed by atoms with Crippen molar-refractivity contribution in [3.05, 3.63) is 41.3 Å². The number of hydrogen-bond donors (Lipinski definition) is 1. The lowest BCUT2D eigenvalue weighted by Gasteiger charge is -2.38. The van der Waals surface area contributed by atoms with Crippen LogP contribution in [0.4, 0.5) is 5.69 Å². The van der Waals surface area contributed by atoms with Gasteiger partial charge in [-0.15, -0.1) is 0 Å². The van der Waals surface area contributed by atoms with Crippen LogP contribution >= 0.6 is 0 Å². The summed E-state index contributed by atoms with van der Waals surface area (Å²) < 4.78 is 32.3. The van der Waals surface area contributed by atoms with Gasteiger partial charge in [-0.1, -0.05) is 23.4 Å². The molecule has 1 aliphatic rings. The Hall–Kier alpha value is -1.86. The van der Waals surface area contributed by atoms with E-state index in [1.807, 2.05) is 0 Å². The van der Waals surface area contributed by atoms with E-state index in [0.717, 1.165) is 0 Å². The topological polar surface area (TPSA) is 83.6 Å². The van der Waals surface area contributed by atoms with Crippen LogP contribution < -0.4 is 4.31 Å². The molecular formula is C15H18N2O4S. The highest BCUT2D eigenvalue weighted by atomic mass is 32.2. The van der Waals surface area contributed by atoms with Crippen molar-refractivity contribution in [1.29, 1.82) is 0 Å². The zero-order chi connectivity index (χ0) is 16.1. The Morgan fingerprint density at radius 2 is 2.00 bits per heavy atom. The van der Waals surface area contributed by atoms with Gasteiger partial charge < -0.3 is 9.63 Å². The molecule has 1 N–H and O–H groups in total. The molecule has 3 rings (SSSR count). The molecule has 1 aliphatic heterocycles. The molecular weight excluding hydrogens is 304 g/mol. The average molecular weight is 322 g/mol. The molecule has 6 nitrogen and oxygen atoms in total. The molecule has 1 aromatic carbocycles. The van der Waals surface area contributed by atoms with Crippen molar-refractivity contribution in [2.24, 2.45) is 0 Å². The molecule has 0 fully saturated rings. The summed E-state index contributed by atoms with van der Waals surface area (Å²) in [4.78, 5) is 0.101. The van der Waals surface area contributed by atoms with Gasteiger partial charge in [0.25, 0.3) is 10.0 Å². The Labute approximate surface area is 129 Å². The number of sulfonamides is 1. The maximum absolute atomic E-state index is 13.0. The number of hydrogen-bond acceptors (Lipinski definition) is 5. The molecule has 7 heteroatoms. The molecule has 1 aromatic heterocycles. The van der Waals surface area contributed by atoms with Crippen LogP contribution in [0.3, 0.4) is 0 Å². The highest BCUT2D eigenvalue weighted by Crippen LogP contribution is 2.40. The molecule has 0 spiro atoms. The van der Waals surface area contributed by atoms with Crippen LogP contribution in [0.25, 0.3) is 0 Å². The summed E-state index contributed by atoms with van der Waals surface area (Å²) in [5.74, 6) is 0.271. The van der Waals surface area contributed by atoms with E-state index in [2.05, 4.69) is 5.16 Å². The van der Waals surface area contributed by atoms with E-state index >= 15 is 0 Å². The van der Waals surface area contributed by atoms with Crippen molar-refractivity contribution in [1.82, 2.24) is 5.16 Å². The standard InChI is InChI=1S/C15H18N2O4S/c1-10-14(11(2)21-16-10)22(19,20)17-9-8-15(3,18)12-6-4-5-7-13(12)17/h4-7,18H,8-9H2,1-3H3. The Kier molecular flexibility index (Phi) is 3.30. The smallest absolute Gasteiger partial charge is 0.269 e. The van der Waals surface area contributed by atoms with Crippen molar-refractivity contribution in [2.45, 2.75) is 37.7 Å². The molecule has 0 aliphatic carbocycles. The summed E-state index contributed by atoms with van der Waals surface area (Å²) >= 11 is 0. The molecule has 1 atom stereocenters. The third-order valence-electron chi connectivity index (χ3n) is 4.07. The number of para-hydroxylation sites is 1. The predicted octanol–water partition coefficient (Wildman–Crippen LogP) is 2.10. The number of aryl methyl sites for hydroxylation is 2. The molecule has 118 valence electrons. The lowest BCUT2D eigenvalue weighted by atomic mass is 9.88. The normalized spacial score (nSPS) is 21.7. The average Bonchev–Trinajstić information content (AvgIpc) is 2.78. The van der Waals surface area contributed by atoms with E-state index in [1.54, 1.807) is 45.0 Å². The number of rotatable bonds is 2. The minimum Gasteiger partial charge on any atom is -0.385 e. The van der Waals surface area contributed by atoms with Gasteiger partial charge in [0, 0.05) is 12.1 Å². The Morgan fingerprint density at radius 3 is 2.64 bits per heavy atom. The van der Waals surface area contributed by atoms with Gasteiger partial charge in [-0.25, -0.2) is 8.42 Å². The lowest BCUT2D eigenvalue weighted by Crippen LogP contribution is -2.42. The molecule has 2 heterocycles. The summed E-state index contributed by atoms with van der Waals surface area (Å²) in [5, 5.41) is 14.2. The number of aliphatic hydroxyl groups is 1. The fourth-order valence-corrected chi connectivity index (χ4v) is 4.70. The molecule has 0 saturated carbocycles. The van der Waals surface area contributed by atoms with Gasteiger partial charge in [0.1, 0.15) is 5.69 Å². The quantitative estimate of drug-likeness (QED) is 0.915. The van der Waals surface area contributed by atoms with Crippen molar-refractivity contribution in [2.75, 3.05) is 10.8 Å². The zero-order valence-electron chi connectivity index (χ0n) is 12.7. The van der Waals surface area contributed by atoms with E-state index in [0.29, 0.717) is 23.4 Å². The number of benzene rings is 1. The first-order chi connectivity index (χ1) is 10.2. The Morgan fingerprint density at radius 1 is 1.32 bits per heavy atom. The monoisotopic (exact) mass is 322 g/mol. The maximum atomic E-state index is 13.0. The van der Waals surface area contributed by atoms with E-state index in [-0.39, 0.29) is 17.2 Å². The van der Waals surface area contributed by atoms with Crippen molar-refractivity contribution in [3.8, 4) is 0 Å². The van der Waals surface area contributed by atoms with Crippen LogP contribution in [0.5, 0.6) is 0 Å². The Bertz CT molecular complexity index is 804. The highest BCUT2D eigenvalue weighted by Gasteiger charge is 2.40. The first-order valence-electron chi connectivity index (χ1n) is 7.02. The molecule has 2 aromatic rings. The SMILES string of the molecule is Cc1noc(C)c1S(=O)(=O)N1CCC(C)(O)c2ccccc21. The van der Waals surface area contributed by atoms with Gasteiger partial charge in [-0.2, -0.15) is 0 Å². The van der Waals surface area contributed by atoms with E-state index in [4.69, 9.17) is 4.52 Å². The van der Waals surface area contributed by atoms with E-state index in [1.165, 1.54) is 4.31 Å². The van der Waals surface area contributed by atoms with Gasteiger partial charge >= 0.3 is 0 Å². The number of anilines is 1. The van der Waals surface area contributed by atoms with Crippen LogP contribution in [0.15, 0.2) is 33.7 Å². The van der Waals surface area contributed by atoms with Crippen molar-refractivity contribution >= 4 is 15.7 Å². The van der Waals surface area contributed by atoms with Crippen LogP contribution in [0.2, 0.25) is 0 Å². The fraction of sp³-hybridized carbons (Fsp3) is 0.400. The highest BCUT2D eigenvalue weighted by molar-refractivity contribution is 7.93. The number of nitrogens with zero attached hydrogens (tertiary/aromatic N) is 2. The number of aromatic nitrogens is 1. The summed E-state index contributed by atoms with van der Waals surface area (Å²) in [6.07, 6.45) is 0.326. The Balaban J connectivity index is 2.18. The second-order valence-electron chi connectivity index (χ2n) is 5.77. The molecule has 0 bridgehead atoms. The summed E-state index contributed by atoms with van der Waals surface area (Å²) in [6.45, 7) is 5.09. The van der Waals surface area contributed by atoms with Gasteiger partial charge in [0.2, 0.25) is 0 Å². The third kappa shape index (κ3) is 2.12. The largest absolute Gasteiger partial charge is 0.385 e. The minimum atomic E-state index is -3.78. The van der Waals surface area contributed by atoms with Crippen molar-refractivity contribution < 1.29 is 18.0 Å². The van der Waals surface area contributed by atoms with Crippen LogP contribution in [-0.2, 0) is 15.6 Å². The minimum absolute atomic E-state index is 0.101. The summed E-state index contributed by atoms with van der Waals surface area (Å²) in [7, 11) is -3.78. The van der Waals surface area contributed by atoms with Gasteiger partial charge in [0.05, 0.1) is 11.3 Å². The molecule has 0 radical (unpaired) electrons. The first kappa shape index (κ1) is 15.1. The summed E-state index contributed by atoms with van der Waals surface area (Å²) in [6, 6.07) is 7.01. The molecule has 0 amide bonds. The number of fused-ring (bicyclic) bond motifs is 1. The maximum Gasteiger partial charge on any atom is 0.269 e. The second-order valence-corrected chi connectivity index (χ2v) is 7.57. The second kappa shape index (κ2) is 4.82. The first-order valence-corrected chi connectivity index (χ1v) is 8.46. The van der Waals surface area contributed by atoms with E-state index in [9.17, 15) is 13.5 Å². The third-order valence-corrected chi connectivity index (χ3v) is 6.13. The molecule has 1 unspecified atom stereocenters. The van der Waals surface area contributed by atoms with Gasteiger partial charge in [-0.3, -0.25) is 4.31 Å². The molecule has 22 heavy (non-hydrogen) atoms. The van der Waals surface area contributed by atoms with Gasteiger partial charge in [0.15, 0.2) is 10.7 Å².